The molecule has 0 bridgehead atoms. The van der Waals surface area contributed by atoms with Crippen LogP contribution in [0.3, 0.4) is 0 Å². The van der Waals surface area contributed by atoms with Gasteiger partial charge in [-0.2, -0.15) is 0 Å². The van der Waals surface area contributed by atoms with E-state index in [0.717, 1.165) is 55.4 Å². The number of imidazole rings is 1. The van der Waals surface area contributed by atoms with Gasteiger partial charge in [0.1, 0.15) is 11.4 Å². The average molecular weight is 399 g/mol. The van der Waals surface area contributed by atoms with Crippen LogP contribution in [0.1, 0.15) is 11.3 Å². The second-order valence-electron chi connectivity index (χ2n) is 7.03. The number of ether oxygens (including phenoxy) is 1. The van der Waals surface area contributed by atoms with Gasteiger partial charge >= 0.3 is 0 Å². The third-order valence-corrected chi connectivity index (χ3v) is 5.29. The van der Waals surface area contributed by atoms with Gasteiger partial charge in [0.25, 0.3) is 0 Å². The van der Waals surface area contributed by atoms with Crippen LogP contribution in [0, 0.1) is 0 Å². The molecule has 1 fully saturated rings. The molecule has 3 heterocycles. The Bertz CT molecular complexity index is 979. The van der Waals surface area contributed by atoms with E-state index in [2.05, 4.69) is 9.88 Å². The minimum absolute atomic E-state index is 0.162. The van der Waals surface area contributed by atoms with Crippen molar-refractivity contribution < 1.29 is 9.53 Å². The lowest BCUT2D eigenvalue weighted by atomic mass is 10.1. The van der Waals surface area contributed by atoms with Crippen molar-refractivity contribution in [3.63, 3.8) is 0 Å². The highest BCUT2D eigenvalue weighted by atomic mass is 35.5. The Kier molecular flexibility index (Phi) is 5.50. The van der Waals surface area contributed by atoms with E-state index in [-0.39, 0.29) is 5.91 Å². The van der Waals surface area contributed by atoms with Gasteiger partial charge in [0.2, 0.25) is 5.91 Å². The lowest BCUT2D eigenvalue weighted by molar-refractivity contribution is -0.132. The number of methoxy groups -OCH3 is 1. The molecule has 146 valence electrons. The van der Waals surface area contributed by atoms with Crippen molar-refractivity contribution in [1.82, 2.24) is 19.2 Å². The van der Waals surface area contributed by atoms with Gasteiger partial charge in [-0.15, -0.1) is 0 Å². The molecule has 1 aromatic carbocycles. The highest BCUT2D eigenvalue weighted by Gasteiger charge is 2.22. The van der Waals surface area contributed by atoms with E-state index in [0.29, 0.717) is 11.4 Å². The lowest BCUT2D eigenvalue weighted by Crippen LogP contribution is -2.48. The van der Waals surface area contributed by atoms with Crippen molar-refractivity contribution in [3.05, 3.63) is 65.1 Å². The smallest absolute Gasteiger partial charge is 0.227 e. The number of rotatable bonds is 5. The molecule has 1 amide bonds. The molecule has 4 rings (SSSR count). The molecule has 28 heavy (non-hydrogen) atoms. The number of carbonyl (C=O) groups excluding carboxylic acids is 1. The zero-order valence-electron chi connectivity index (χ0n) is 15.8. The fraction of sp³-hybridized carbons (Fsp3) is 0.333. The number of amides is 1. The molecule has 0 N–H and O–H groups in total. The first kappa shape index (κ1) is 18.8. The van der Waals surface area contributed by atoms with Gasteiger partial charge < -0.3 is 14.0 Å². The van der Waals surface area contributed by atoms with Crippen molar-refractivity contribution in [3.8, 4) is 5.75 Å². The molecule has 1 aliphatic rings. The van der Waals surface area contributed by atoms with Crippen LogP contribution in [-0.4, -0.2) is 58.4 Å². The molecule has 1 aliphatic heterocycles. The summed E-state index contributed by atoms with van der Waals surface area (Å²) in [6.07, 6.45) is 4.29. The second-order valence-corrected chi connectivity index (χ2v) is 7.47. The number of hydrogen-bond acceptors (Lipinski definition) is 4. The molecule has 0 aliphatic carbocycles. The molecule has 0 unspecified atom stereocenters. The summed E-state index contributed by atoms with van der Waals surface area (Å²) in [5.74, 6) is 0.944. The van der Waals surface area contributed by atoms with Gasteiger partial charge in [-0.3, -0.25) is 9.69 Å². The Hall–Kier alpha value is -2.57. The van der Waals surface area contributed by atoms with Crippen LogP contribution in [0.2, 0.25) is 5.02 Å². The zero-order chi connectivity index (χ0) is 19.5. The van der Waals surface area contributed by atoms with Gasteiger partial charge in [0, 0.05) is 45.1 Å². The predicted molar refractivity (Wildman–Crippen MR) is 109 cm³/mol. The van der Waals surface area contributed by atoms with Crippen LogP contribution in [0.25, 0.3) is 5.65 Å². The molecule has 3 aromatic rings. The SMILES string of the molecule is COc1cccc(CC(=O)N2CCN(Cc3cn4cc(Cl)ccc4n3)CC2)c1. The number of benzene rings is 1. The fourth-order valence-electron chi connectivity index (χ4n) is 3.55. The Morgan fingerprint density at radius 1 is 1.14 bits per heavy atom. The molecule has 6 nitrogen and oxygen atoms in total. The van der Waals surface area contributed by atoms with Crippen molar-refractivity contribution in [2.24, 2.45) is 0 Å². The molecule has 0 atom stereocenters. The third-order valence-electron chi connectivity index (χ3n) is 5.06. The summed E-state index contributed by atoms with van der Waals surface area (Å²) >= 11 is 6.04. The Morgan fingerprint density at radius 2 is 1.96 bits per heavy atom. The zero-order valence-corrected chi connectivity index (χ0v) is 16.6. The van der Waals surface area contributed by atoms with Gasteiger partial charge in [-0.25, -0.2) is 4.98 Å². The summed E-state index contributed by atoms with van der Waals surface area (Å²) in [4.78, 5) is 21.5. The second kappa shape index (κ2) is 8.20. The maximum atomic E-state index is 12.6. The lowest BCUT2D eigenvalue weighted by Gasteiger charge is -2.34. The van der Waals surface area contributed by atoms with Crippen LogP contribution >= 0.6 is 11.6 Å². The number of pyridine rings is 1. The highest BCUT2D eigenvalue weighted by molar-refractivity contribution is 6.30. The highest BCUT2D eigenvalue weighted by Crippen LogP contribution is 2.16. The summed E-state index contributed by atoms with van der Waals surface area (Å²) in [6.45, 7) is 3.94. The first-order chi connectivity index (χ1) is 13.6. The van der Waals surface area contributed by atoms with Crippen LogP contribution in [0.5, 0.6) is 5.75 Å². The van der Waals surface area contributed by atoms with Gasteiger partial charge in [-0.05, 0) is 29.8 Å². The number of nitrogens with zero attached hydrogens (tertiary/aromatic N) is 4. The number of aromatic nitrogens is 2. The summed E-state index contributed by atoms with van der Waals surface area (Å²) in [5.41, 5.74) is 2.89. The average Bonchev–Trinajstić information content (AvgIpc) is 3.10. The summed E-state index contributed by atoms with van der Waals surface area (Å²) in [7, 11) is 1.64. The number of carbonyl (C=O) groups is 1. The molecule has 0 saturated carbocycles. The standard InChI is InChI=1S/C21H23ClN4O2/c1-28-19-4-2-3-16(11-19)12-21(27)25-9-7-24(8-10-25)14-18-15-26-13-17(22)5-6-20(26)23-18/h2-6,11,13,15H,7-10,12,14H2,1H3. The monoisotopic (exact) mass is 398 g/mol. The molecular formula is C21H23ClN4O2. The van der Waals surface area contributed by atoms with Crippen LogP contribution in [0.15, 0.2) is 48.8 Å². The first-order valence-electron chi connectivity index (χ1n) is 9.37. The molecular weight excluding hydrogens is 376 g/mol. The van der Waals surface area contributed by atoms with Crippen molar-refractivity contribution >= 4 is 23.2 Å². The Balaban J connectivity index is 1.31. The van der Waals surface area contributed by atoms with Crippen molar-refractivity contribution in [2.45, 2.75) is 13.0 Å². The third kappa shape index (κ3) is 4.29. The number of halogens is 1. The van der Waals surface area contributed by atoms with Crippen LogP contribution in [-0.2, 0) is 17.8 Å². The van der Waals surface area contributed by atoms with Crippen LogP contribution in [0.4, 0.5) is 0 Å². The van der Waals surface area contributed by atoms with E-state index >= 15 is 0 Å². The van der Waals surface area contributed by atoms with Gasteiger partial charge in [0.05, 0.1) is 24.2 Å². The quantitative estimate of drug-likeness (QED) is 0.663. The van der Waals surface area contributed by atoms with E-state index in [1.807, 2.05) is 58.1 Å². The van der Waals surface area contributed by atoms with Crippen molar-refractivity contribution in [1.29, 1.82) is 0 Å². The number of fused-ring (bicyclic) bond motifs is 1. The maximum absolute atomic E-state index is 12.6. The van der Waals surface area contributed by atoms with E-state index in [1.165, 1.54) is 0 Å². The molecule has 0 spiro atoms. The topological polar surface area (TPSA) is 50.1 Å². The van der Waals surface area contributed by atoms with Gasteiger partial charge in [0.15, 0.2) is 0 Å². The van der Waals surface area contributed by atoms with E-state index in [1.54, 1.807) is 7.11 Å². The summed E-state index contributed by atoms with van der Waals surface area (Å²) < 4.78 is 7.18. The van der Waals surface area contributed by atoms with Gasteiger partial charge in [-0.1, -0.05) is 23.7 Å². The normalized spacial score (nSPS) is 15.1. The number of piperazine rings is 1. The summed E-state index contributed by atoms with van der Waals surface area (Å²) in [6, 6.07) is 11.5. The Labute approximate surface area is 169 Å². The molecule has 2 aromatic heterocycles. The Morgan fingerprint density at radius 3 is 2.75 bits per heavy atom. The summed E-state index contributed by atoms with van der Waals surface area (Å²) in [5, 5.41) is 0.694. The molecule has 1 saturated heterocycles. The number of hydrogen-bond donors (Lipinski definition) is 0. The molecule has 7 heteroatoms. The van der Waals surface area contributed by atoms with E-state index in [4.69, 9.17) is 16.3 Å². The minimum atomic E-state index is 0.162. The first-order valence-corrected chi connectivity index (χ1v) is 9.75. The molecule has 0 radical (unpaired) electrons. The predicted octanol–water partition coefficient (Wildman–Crippen LogP) is 2.88. The van der Waals surface area contributed by atoms with Crippen molar-refractivity contribution in [2.75, 3.05) is 33.3 Å². The van der Waals surface area contributed by atoms with E-state index < -0.39 is 0 Å². The maximum Gasteiger partial charge on any atom is 0.227 e. The van der Waals surface area contributed by atoms with E-state index in [9.17, 15) is 4.79 Å². The fourth-order valence-corrected chi connectivity index (χ4v) is 3.71. The largest absolute Gasteiger partial charge is 0.497 e. The minimum Gasteiger partial charge on any atom is -0.497 e. The van der Waals surface area contributed by atoms with Crippen LogP contribution < -0.4 is 4.74 Å².